The molecule has 0 bridgehead atoms. The number of aromatic nitrogens is 1. The standard InChI is InChI=1S/C77H109N19O22/c1-36(2)60(74(114)85-40(8)65(105)95-62(38(5)6)77(117)118)93-72(112)54(32-58(80)102)89-69(109)50(29-43-21-23-45(99)24-22-43)86-59(103)34-83-66(106)52(30-44-33-82-47-19-14-13-18-46(44)47)91-76(116)63(41(9)98)96-75(115)61(37(3)4)94-71(111)51(28-42-16-11-10-12-17-42)88-70(110)53(31-57(79)101)90-73(113)55(35-97)92-68(108)49(25-26-56(78)100)87-64(104)39(7)84-67(107)48-20-15-27-81-48/h10-14,16-19,21-24,33,36-41,48-55,60-63,81-82,97-99H,15,20,25-32,34-35H2,1-9H3,(H2,78,100)(H2,79,101)(H2,80,102)(H,83,106)(H,84,107)(H,85,114)(H,86,103)(H,87,104)(H,88,110)(H,89,109)(H,90,113)(H,91,116)(H,92,108)(H,93,112)(H,94,111)(H,95,105)(H,96,115)(H,117,118)/t39-,40-,41+,48-,49-,50-,51-,52-,53-,54-,55-,60-,61-,62-,63-/m0/s1. The summed E-state index contributed by atoms with van der Waals surface area (Å²) in [7, 11) is 0. The summed E-state index contributed by atoms with van der Waals surface area (Å²) in [5.74, 6) is -21.3. The Hall–Kier alpha value is -12.7. The number of carboxylic acid groups (broad SMARTS) is 1. The minimum atomic E-state index is -1.95. The van der Waals surface area contributed by atoms with Crippen molar-refractivity contribution in [1.29, 1.82) is 0 Å². The van der Waals surface area contributed by atoms with Crippen LogP contribution in [-0.4, -0.2) is 242 Å². The van der Waals surface area contributed by atoms with Crippen molar-refractivity contribution in [3.63, 3.8) is 0 Å². The second kappa shape index (κ2) is 46.2. The highest BCUT2D eigenvalue weighted by molar-refractivity contribution is 6.02. The molecule has 41 heteroatoms. The smallest absolute Gasteiger partial charge is 0.326 e. The number of hydrogen-bond donors (Lipinski definition) is 23. The van der Waals surface area contributed by atoms with Gasteiger partial charge in [0.1, 0.15) is 84.3 Å². The number of phenolic OH excluding ortho intramolecular Hbond substituents is 1. The molecule has 41 nitrogen and oxygen atoms in total. The van der Waals surface area contributed by atoms with Crippen LogP contribution in [0.15, 0.2) is 85.1 Å². The number of aliphatic hydroxyl groups is 2. The minimum Gasteiger partial charge on any atom is -0.508 e. The Morgan fingerprint density at radius 1 is 0.441 bits per heavy atom. The van der Waals surface area contributed by atoms with Crippen molar-refractivity contribution in [2.75, 3.05) is 19.7 Å². The van der Waals surface area contributed by atoms with Gasteiger partial charge < -0.3 is 122 Å². The summed E-state index contributed by atoms with van der Waals surface area (Å²) >= 11 is 0. The van der Waals surface area contributed by atoms with Crippen LogP contribution in [0.5, 0.6) is 5.75 Å². The van der Waals surface area contributed by atoms with E-state index >= 15 is 0 Å². The molecule has 3 aromatic carbocycles. The molecule has 1 aliphatic heterocycles. The molecular weight excluding hydrogens is 1540 g/mol. The van der Waals surface area contributed by atoms with E-state index in [-0.39, 0.29) is 25.0 Å². The number of nitrogens with one attached hydrogen (secondary N) is 16. The van der Waals surface area contributed by atoms with E-state index in [9.17, 15) is 107 Å². The molecule has 0 spiro atoms. The summed E-state index contributed by atoms with van der Waals surface area (Å²) in [6.45, 7) is 11.4. The van der Waals surface area contributed by atoms with Crippen molar-refractivity contribution in [3.05, 3.63) is 102 Å². The number of aliphatic hydroxyl groups excluding tert-OH is 2. The summed E-state index contributed by atoms with van der Waals surface area (Å²) in [6, 6.07) is -1.52. The van der Waals surface area contributed by atoms with Crippen LogP contribution in [0.3, 0.4) is 0 Å². The van der Waals surface area contributed by atoms with Gasteiger partial charge in [0.25, 0.3) is 0 Å². The fourth-order valence-corrected chi connectivity index (χ4v) is 12.3. The van der Waals surface area contributed by atoms with Crippen LogP contribution in [0.25, 0.3) is 10.9 Å². The first-order valence-electron chi connectivity index (χ1n) is 38.3. The number of hydrogen-bond acceptors (Lipinski definition) is 22. The van der Waals surface area contributed by atoms with Crippen molar-refractivity contribution in [1.82, 2.24) is 84.7 Å². The highest BCUT2D eigenvalue weighted by Crippen LogP contribution is 2.21. The van der Waals surface area contributed by atoms with E-state index in [0.29, 0.717) is 40.6 Å². The number of carbonyl (C=O) groups excluding carboxylic acids is 17. The van der Waals surface area contributed by atoms with Crippen LogP contribution in [0.2, 0.25) is 0 Å². The second-order valence-corrected chi connectivity index (χ2v) is 29.7. The zero-order valence-electron chi connectivity index (χ0n) is 66.8. The monoisotopic (exact) mass is 1650 g/mol. The number of rotatable bonds is 47. The van der Waals surface area contributed by atoms with Gasteiger partial charge in [-0.1, -0.05) is 102 Å². The quantitative estimate of drug-likeness (QED) is 0.0196. The number of aromatic hydroxyl groups is 1. The summed E-state index contributed by atoms with van der Waals surface area (Å²) < 4.78 is 0. The number of primary amides is 3. The number of carboxylic acids is 1. The topological polar surface area (TPSA) is 662 Å². The van der Waals surface area contributed by atoms with E-state index in [4.69, 9.17) is 17.2 Å². The molecule has 1 saturated heterocycles. The molecule has 644 valence electrons. The van der Waals surface area contributed by atoms with Crippen LogP contribution in [-0.2, 0) is 106 Å². The predicted molar refractivity (Wildman–Crippen MR) is 421 cm³/mol. The molecule has 0 unspecified atom stereocenters. The van der Waals surface area contributed by atoms with E-state index in [1.807, 2.05) is 0 Å². The lowest BCUT2D eigenvalue weighted by molar-refractivity contribution is -0.143. The Morgan fingerprint density at radius 2 is 0.873 bits per heavy atom. The molecule has 1 aromatic heterocycles. The fraction of sp³-hybridized carbons (Fsp3) is 0.506. The van der Waals surface area contributed by atoms with E-state index in [1.54, 1.807) is 68.4 Å². The first kappa shape index (κ1) is 95.9. The highest BCUT2D eigenvalue weighted by Gasteiger charge is 2.40. The third-order valence-corrected chi connectivity index (χ3v) is 19.0. The Balaban J connectivity index is 1.35. The lowest BCUT2D eigenvalue weighted by Gasteiger charge is -2.29. The fourth-order valence-electron chi connectivity index (χ4n) is 12.3. The SMILES string of the molecule is CC(C)[C@H](NC(=O)[C@H](C)NC(=O)[C@@H](NC(=O)[C@H](CC(N)=O)NC(=O)[C@H](Cc1ccc(O)cc1)NC(=O)CNC(=O)[C@H](Cc1c[nH]c2ccccc12)NC(=O)[C@@H](NC(=O)[C@@H](NC(=O)[C@H](Cc1ccccc1)NC(=O)[C@H](CC(N)=O)NC(=O)[C@H](CO)NC(=O)[C@H](CCC(N)=O)NC(=O)[C@H](C)NC(=O)[C@@H]1CCCN1)C(C)C)[C@@H](C)O)C(C)C)C(=O)O. The molecule has 4 aromatic rings. The van der Waals surface area contributed by atoms with Gasteiger partial charge in [-0.25, -0.2) is 4.79 Å². The van der Waals surface area contributed by atoms with E-state index in [1.165, 1.54) is 72.0 Å². The van der Waals surface area contributed by atoms with Crippen LogP contribution in [0, 0.1) is 17.8 Å². The number of para-hydroxylation sites is 1. The Labute approximate surface area is 679 Å². The molecule has 0 saturated carbocycles. The van der Waals surface area contributed by atoms with Crippen LogP contribution in [0.1, 0.15) is 118 Å². The summed E-state index contributed by atoms with van der Waals surface area (Å²) in [4.78, 5) is 247. The third-order valence-electron chi connectivity index (χ3n) is 19.0. The van der Waals surface area contributed by atoms with Gasteiger partial charge in [0.15, 0.2) is 0 Å². The number of nitrogens with two attached hydrogens (primary N) is 3. The Bertz CT molecular complexity index is 4250. The first-order valence-corrected chi connectivity index (χ1v) is 38.3. The molecule has 17 amide bonds. The van der Waals surface area contributed by atoms with Crippen molar-refractivity contribution in [2.24, 2.45) is 35.0 Å². The van der Waals surface area contributed by atoms with E-state index < -0.39 is 254 Å². The average molecular weight is 1650 g/mol. The summed E-state index contributed by atoms with van der Waals surface area (Å²) in [5, 5.41) is 78.7. The molecule has 0 aliphatic carbocycles. The van der Waals surface area contributed by atoms with Gasteiger partial charge in [0.05, 0.1) is 38.1 Å². The normalized spacial score (nSPS) is 16.0. The molecule has 26 N–H and O–H groups in total. The van der Waals surface area contributed by atoms with Gasteiger partial charge in [0, 0.05) is 42.8 Å². The number of H-pyrrole nitrogens is 1. The molecule has 15 atom stereocenters. The largest absolute Gasteiger partial charge is 0.508 e. The highest BCUT2D eigenvalue weighted by atomic mass is 16.4. The second-order valence-electron chi connectivity index (χ2n) is 29.7. The van der Waals surface area contributed by atoms with E-state index in [2.05, 4.69) is 84.7 Å². The number of benzene rings is 3. The van der Waals surface area contributed by atoms with Crippen molar-refractivity contribution in [3.8, 4) is 5.75 Å². The maximum absolute atomic E-state index is 14.7. The van der Waals surface area contributed by atoms with Gasteiger partial charge >= 0.3 is 5.97 Å². The van der Waals surface area contributed by atoms with Crippen LogP contribution < -0.4 is 97.0 Å². The van der Waals surface area contributed by atoms with E-state index in [0.717, 1.165) is 13.3 Å². The van der Waals surface area contributed by atoms with Crippen molar-refractivity contribution < 1.29 is 107 Å². The Morgan fingerprint density at radius 3 is 1.41 bits per heavy atom. The summed E-state index contributed by atoms with van der Waals surface area (Å²) in [6.07, 6.45) is -2.73. The number of aliphatic carboxylic acids is 1. The average Bonchev–Trinajstić information content (AvgIpc) is 1.73. The number of amides is 17. The molecule has 0 radical (unpaired) electrons. The number of aromatic amines is 1. The zero-order chi connectivity index (χ0) is 87.9. The van der Waals surface area contributed by atoms with Crippen LogP contribution in [0.4, 0.5) is 0 Å². The number of carbonyl (C=O) groups is 18. The lowest BCUT2D eigenvalue weighted by atomic mass is 9.99. The van der Waals surface area contributed by atoms with Crippen molar-refractivity contribution in [2.45, 2.75) is 211 Å². The predicted octanol–water partition coefficient (Wildman–Crippen LogP) is -6.45. The maximum Gasteiger partial charge on any atom is 0.326 e. The first-order chi connectivity index (χ1) is 55.6. The lowest BCUT2D eigenvalue weighted by Crippen LogP contribution is -2.63. The van der Waals surface area contributed by atoms with Gasteiger partial charge in [-0.2, -0.15) is 0 Å². The van der Waals surface area contributed by atoms with Crippen LogP contribution >= 0.6 is 0 Å². The van der Waals surface area contributed by atoms with Gasteiger partial charge in [0.2, 0.25) is 100 Å². The Kier molecular flexibility index (Phi) is 37.5. The third kappa shape index (κ3) is 30.5. The minimum absolute atomic E-state index is 0.179. The molecule has 1 fully saturated rings. The molecular formula is C77H109N19O22. The molecule has 1 aliphatic rings. The van der Waals surface area contributed by atoms with Gasteiger partial charge in [-0.15, -0.1) is 0 Å². The maximum atomic E-state index is 14.7. The molecule has 118 heavy (non-hydrogen) atoms. The zero-order valence-corrected chi connectivity index (χ0v) is 66.8. The molecule has 5 rings (SSSR count). The van der Waals surface area contributed by atoms with Gasteiger partial charge in [-0.05, 0) is 99.2 Å². The molecule has 2 heterocycles. The number of fused-ring (bicyclic) bond motifs is 1. The summed E-state index contributed by atoms with van der Waals surface area (Å²) in [5.41, 5.74) is 18.2. The number of phenols is 1. The van der Waals surface area contributed by atoms with Gasteiger partial charge in [-0.3, -0.25) is 81.5 Å². The van der Waals surface area contributed by atoms with Crippen molar-refractivity contribution >= 4 is 117 Å².